The molecule has 9 heteroatoms. The lowest BCUT2D eigenvalue weighted by atomic mass is 10.0. The molecule has 0 aromatic rings. The highest BCUT2D eigenvalue weighted by Gasteiger charge is 2.25. The van der Waals surface area contributed by atoms with E-state index in [1.54, 1.807) is 0 Å². The van der Waals surface area contributed by atoms with Crippen LogP contribution in [0.4, 0.5) is 0 Å². The van der Waals surface area contributed by atoms with Gasteiger partial charge in [-0.3, -0.25) is 9.59 Å². The molecule has 0 aliphatic rings. The van der Waals surface area contributed by atoms with Gasteiger partial charge in [0.1, 0.15) is 13.2 Å². The lowest BCUT2D eigenvalue weighted by Crippen LogP contribution is -2.40. The maximum absolute atomic E-state index is 13.0. The van der Waals surface area contributed by atoms with E-state index in [0.29, 0.717) is 17.4 Å². The summed E-state index contributed by atoms with van der Waals surface area (Å²) in [4.78, 5) is 37.7. The highest BCUT2D eigenvalue weighted by molar-refractivity contribution is 5.71. The zero-order valence-electron chi connectivity index (χ0n) is 63.0. The fourth-order valence-electron chi connectivity index (χ4n) is 9.62. The number of aliphatic carboxylic acids is 1. The van der Waals surface area contributed by atoms with Crippen LogP contribution >= 0.6 is 0 Å². The Morgan fingerprint density at radius 1 is 0.303 bits per heavy atom. The molecule has 0 spiro atoms. The molecule has 0 radical (unpaired) electrons. The number of carbonyl (C=O) groups excluding carboxylic acids is 2. The van der Waals surface area contributed by atoms with Crippen LogP contribution < -0.4 is 0 Å². The lowest BCUT2D eigenvalue weighted by molar-refractivity contribution is -0.870. The van der Waals surface area contributed by atoms with E-state index in [1.165, 1.54) is 44.9 Å². The number of likely N-dealkylation sites (N-methyl/N-ethyl adjacent to an activating group) is 1. The van der Waals surface area contributed by atoms with Gasteiger partial charge in [-0.25, -0.2) is 4.79 Å². The molecule has 0 aromatic carbocycles. The average molecular weight is 1360 g/mol. The number of ether oxygens (including phenoxy) is 4. The van der Waals surface area contributed by atoms with Gasteiger partial charge in [-0.15, -0.1) is 0 Å². The summed E-state index contributed by atoms with van der Waals surface area (Å²) < 4.78 is 23.0. The van der Waals surface area contributed by atoms with Gasteiger partial charge in [-0.2, -0.15) is 0 Å². The Hall–Kier alpha value is -6.65. The SMILES string of the molecule is CC/C=C\C/C=C\C/C=C\C/C=C\C/C=C\C/C=C\C/C=C\C/C=C\C/C=C\C/C=C\CCCCCCC(=O)OC(COC(=O)CCCCCCCCCCCCC/C=C\C/C=C\C/C=C\C/C=C\C/C=C\C/C=C\C/C=C\C/C=C\C/C=C\CC)COC(OCC[N+](C)(C)C)C(=O)O. The Labute approximate surface area is 606 Å². The minimum atomic E-state index is -1.54. The number of hydrogen-bond donors (Lipinski definition) is 1. The summed E-state index contributed by atoms with van der Waals surface area (Å²) in [5, 5.41) is 9.77. The molecule has 99 heavy (non-hydrogen) atoms. The van der Waals surface area contributed by atoms with Crippen molar-refractivity contribution >= 4 is 17.9 Å². The van der Waals surface area contributed by atoms with Gasteiger partial charge in [0.25, 0.3) is 6.29 Å². The van der Waals surface area contributed by atoms with Crippen LogP contribution in [0.1, 0.15) is 258 Å². The first-order valence-corrected chi connectivity index (χ1v) is 38.5. The maximum atomic E-state index is 13.0. The van der Waals surface area contributed by atoms with Gasteiger partial charge in [0.2, 0.25) is 0 Å². The van der Waals surface area contributed by atoms with Crippen molar-refractivity contribution in [2.45, 2.75) is 270 Å². The van der Waals surface area contributed by atoms with Crippen LogP contribution in [0.15, 0.2) is 231 Å². The fraction of sp³-hybridized carbons (Fsp3) is 0.544. The minimum absolute atomic E-state index is 0.169. The third kappa shape index (κ3) is 78.6. The molecule has 2 unspecified atom stereocenters. The van der Waals surface area contributed by atoms with Crippen LogP contribution in [0.3, 0.4) is 0 Å². The zero-order valence-corrected chi connectivity index (χ0v) is 63.0. The number of allylic oxidation sites excluding steroid dienone is 38. The number of carboxylic acid groups (broad SMARTS) is 1. The fourth-order valence-corrected chi connectivity index (χ4v) is 9.62. The van der Waals surface area contributed by atoms with Crippen LogP contribution in [0, 0.1) is 0 Å². The van der Waals surface area contributed by atoms with Crippen molar-refractivity contribution in [3.05, 3.63) is 231 Å². The van der Waals surface area contributed by atoms with Crippen molar-refractivity contribution in [2.75, 3.05) is 47.5 Å². The first-order valence-electron chi connectivity index (χ1n) is 38.5. The second-order valence-corrected chi connectivity index (χ2v) is 25.8. The number of quaternary nitrogens is 1. The van der Waals surface area contributed by atoms with Gasteiger partial charge in [0, 0.05) is 12.8 Å². The molecule has 0 saturated heterocycles. The number of carboxylic acids is 1. The highest BCUT2D eigenvalue weighted by atomic mass is 16.7. The number of esters is 2. The molecule has 552 valence electrons. The van der Waals surface area contributed by atoms with Gasteiger partial charge < -0.3 is 28.5 Å². The van der Waals surface area contributed by atoms with Gasteiger partial charge in [-0.1, -0.05) is 315 Å². The van der Waals surface area contributed by atoms with Gasteiger partial charge in [-0.05, 0) is 161 Å². The van der Waals surface area contributed by atoms with Crippen molar-refractivity contribution in [1.82, 2.24) is 0 Å². The standard InChI is InChI=1S/C90H139NO8/c1-6-8-10-12-14-16-18-20-22-24-26-28-30-32-34-36-38-40-42-43-44-45-47-48-50-52-54-56-58-60-62-64-66-68-70-72-74-76-78-80-87(92)97-84-86(85-98-90(89(94)95)96-83-82-91(3,4)5)99-88(93)81-79-77-75-73-71-69-67-65-63-61-59-57-55-53-51-49-46-41-39-37-35-33-31-29-27-25-23-21-19-17-15-13-11-9-7-2/h8-11,14-17,20-23,26-29,32-35,38-41,43-44,47-49,51-52,54-55,57,61,63,67,69,86,90H,6-7,12-13,18-19,24-25,30-31,36-37,42,45-46,50,53,56,58-60,62,64-66,68,70-85H2,1-5H3/p+1/b10-8-,11-9-,16-14-,17-15-,22-20-,23-21-,28-26-,29-27-,34-32-,35-33-,40-38-,41-39-,44-43-,48-47-,51-49-,54-52-,57-55-,63-61-,69-67-. The first kappa shape index (κ1) is 92.4. The zero-order chi connectivity index (χ0) is 71.8. The Morgan fingerprint density at radius 3 is 0.808 bits per heavy atom. The smallest absolute Gasteiger partial charge is 0.361 e. The van der Waals surface area contributed by atoms with E-state index < -0.39 is 24.3 Å². The van der Waals surface area contributed by atoms with Crippen LogP contribution in [0.2, 0.25) is 0 Å². The van der Waals surface area contributed by atoms with Gasteiger partial charge in [0.05, 0.1) is 34.4 Å². The van der Waals surface area contributed by atoms with Crippen molar-refractivity contribution in [3.8, 4) is 0 Å². The third-order valence-corrected chi connectivity index (χ3v) is 15.4. The quantitative estimate of drug-likeness (QED) is 0.0211. The number of hydrogen-bond acceptors (Lipinski definition) is 7. The van der Waals surface area contributed by atoms with E-state index in [2.05, 4.69) is 245 Å². The number of carbonyl (C=O) groups is 3. The van der Waals surface area contributed by atoms with E-state index >= 15 is 0 Å². The lowest BCUT2D eigenvalue weighted by Gasteiger charge is -2.25. The monoisotopic (exact) mass is 1360 g/mol. The second-order valence-electron chi connectivity index (χ2n) is 25.8. The van der Waals surface area contributed by atoms with E-state index in [4.69, 9.17) is 18.9 Å². The summed E-state index contributed by atoms with van der Waals surface area (Å²) in [5.74, 6) is -2.07. The highest BCUT2D eigenvalue weighted by Crippen LogP contribution is 2.15. The molecular weight excluding hydrogens is 1220 g/mol. The molecule has 9 nitrogen and oxygen atoms in total. The molecule has 0 aliphatic carbocycles. The Kier molecular flexibility index (Phi) is 71.9. The second kappa shape index (κ2) is 77.1. The predicted molar refractivity (Wildman–Crippen MR) is 428 cm³/mol. The Balaban J connectivity index is 4.22. The van der Waals surface area contributed by atoms with Crippen molar-refractivity contribution in [2.24, 2.45) is 0 Å². The normalized spacial score (nSPS) is 14.0. The Morgan fingerprint density at radius 2 is 0.545 bits per heavy atom. The number of unbranched alkanes of at least 4 members (excludes halogenated alkanes) is 15. The maximum Gasteiger partial charge on any atom is 0.361 e. The number of rotatable bonds is 68. The molecule has 0 aromatic heterocycles. The molecular formula is C90H140NO8+. The molecule has 0 bridgehead atoms. The van der Waals surface area contributed by atoms with E-state index in [9.17, 15) is 19.5 Å². The van der Waals surface area contributed by atoms with E-state index in [1.807, 2.05) is 21.1 Å². The minimum Gasteiger partial charge on any atom is -0.477 e. The van der Waals surface area contributed by atoms with Crippen LogP contribution in [-0.2, 0) is 33.3 Å². The molecule has 0 fully saturated rings. The van der Waals surface area contributed by atoms with Crippen LogP contribution in [0.5, 0.6) is 0 Å². The first-order chi connectivity index (χ1) is 48.6. The molecule has 0 aliphatic heterocycles. The largest absolute Gasteiger partial charge is 0.477 e. The van der Waals surface area contributed by atoms with E-state index in [-0.39, 0.29) is 38.6 Å². The summed E-state index contributed by atoms with van der Waals surface area (Å²) in [7, 11) is 5.95. The average Bonchev–Trinajstić information content (AvgIpc) is 1.16. The molecule has 0 heterocycles. The van der Waals surface area contributed by atoms with Gasteiger partial charge >= 0.3 is 17.9 Å². The summed E-state index contributed by atoms with van der Waals surface area (Å²) >= 11 is 0. The van der Waals surface area contributed by atoms with Gasteiger partial charge in [0.15, 0.2) is 6.10 Å². The molecule has 2 atom stereocenters. The summed E-state index contributed by atoms with van der Waals surface area (Å²) in [6, 6.07) is 0. The molecule has 0 rings (SSSR count). The number of nitrogens with zero attached hydrogens (tertiary/aromatic N) is 1. The molecule has 1 N–H and O–H groups in total. The van der Waals surface area contributed by atoms with E-state index in [0.717, 1.165) is 180 Å². The summed E-state index contributed by atoms with van der Waals surface area (Å²) in [6.45, 7) is 4.59. The van der Waals surface area contributed by atoms with Crippen molar-refractivity contribution < 1.29 is 42.9 Å². The Bertz CT molecular complexity index is 2490. The predicted octanol–water partition coefficient (Wildman–Crippen LogP) is 25.0. The summed E-state index contributed by atoms with van der Waals surface area (Å²) in [6.07, 6.45) is 120. The molecule has 0 saturated carbocycles. The van der Waals surface area contributed by atoms with Crippen molar-refractivity contribution in [3.63, 3.8) is 0 Å². The third-order valence-electron chi connectivity index (χ3n) is 15.4. The molecule has 0 amide bonds. The van der Waals surface area contributed by atoms with Crippen molar-refractivity contribution in [1.29, 1.82) is 0 Å². The van der Waals surface area contributed by atoms with Crippen LogP contribution in [0.25, 0.3) is 0 Å². The van der Waals surface area contributed by atoms with Crippen LogP contribution in [-0.4, -0.2) is 87.4 Å². The topological polar surface area (TPSA) is 108 Å². The summed E-state index contributed by atoms with van der Waals surface area (Å²) in [5.41, 5.74) is 0.